The molecule has 0 rings (SSSR count). The van der Waals surface area contributed by atoms with Gasteiger partial charge in [-0.05, 0) is 52.1 Å². The summed E-state index contributed by atoms with van der Waals surface area (Å²) in [5.74, 6) is 0. The number of nitrogens with zero attached hydrogens (tertiary/aromatic N) is 1. The van der Waals surface area contributed by atoms with Crippen LogP contribution in [0.2, 0.25) is 0 Å². The molecule has 0 radical (unpaired) electrons. The van der Waals surface area contributed by atoms with Gasteiger partial charge >= 0.3 is 51.4 Å². The molecule has 86 valence electrons. The molecule has 0 spiro atoms. The van der Waals surface area contributed by atoms with Crippen molar-refractivity contribution in [3.8, 4) is 0 Å². The zero-order valence-corrected chi connectivity index (χ0v) is 10.5. The zero-order chi connectivity index (χ0) is 11.9. The summed E-state index contributed by atoms with van der Waals surface area (Å²) in [7, 11) is 0. The van der Waals surface area contributed by atoms with Crippen LogP contribution >= 0.6 is 24.4 Å². The summed E-state index contributed by atoms with van der Waals surface area (Å²) < 4.78 is 0. The second-order valence-corrected chi connectivity index (χ2v) is 4.00. The van der Waals surface area contributed by atoms with Crippen LogP contribution < -0.4 is 5.73 Å². The number of aliphatic hydroxyl groups is 2. The summed E-state index contributed by atoms with van der Waals surface area (Å²) in [5, 5.41) is 16.1. The van der Waals surface area contributed by atoms with Crippen LogP contribution in [-0.4, -0.2) is 88.9 Å². The van der Waals surface area contributed by atoms with Crippen molar-refractivity contribution in [1.29, 1.82) is 0 Å². The fourth-order valence-electron chi connectivity index (χ4n) is 1.04. The molecule has 0 aromatic heterocycles. The monoisotopic (exact) mass is 278 g/mol. The van der Waals surface area contributed by atoms with E-state index in [-0.39, 0.29) is 68.6 Å². The van der Waals surface area contributed by atoms with Crippen LogP contribution in [0.1, 0.15) is 27.7 Å². The maximum atomic E-state index is 9.01. The van der Waals surface area contributed by atoms with Gasteiger partial charge < -0.3 is 20.8 Å². The Morgan fingerprint density at radius 1 is 1.07 bits per heavy atom. The molecule has 7 heteroatoms. The van der Waals surface area contributed by atoms with E-state index < -0.39 is 5.17 Å². The Balaban J connectivity index is -0.000000249. The average molecular weight is 278 g/mol. The van der Waals surface area contributed by atoms with Crippen LogP contribution in [0.25, 0.3) is 0 Å². The molecule has 0 fully saturated rings. The molecule has 0 bridgehead atoms. The van der Waals surface area contributed by atoms with Crippen molar-refractivity contribution in [3.63, 3.8) is 0 Å². The minimum atomic E-state index is -0.500. The van der Waals surface area contributed by atoms with Gasteiger partial charge in [0.2, 0.25) is 0 Å². The van der Waals surface area contributed by atoms with Crippen molar-refractivity contribution in [3.05, 3.63) is 0 Å². The van der Waals surface area contributed by atoms with Crippen LogP contribution in [0.15, 0.2) is 0 Å². The van der Waals surface area contributed by atoms with E-state index in [2.05, 4.69) is 30.2 Å². The normalized spacial score (nSPS) is 8.67. The van der Waals surface area contributed by atoms with Gasteiger partial charge in [0, 0.05) is 12.1 Å². The van der Waals surface area contributed by atoms with Crippen molar-refractivity contribution in [2.75, 3.05) is 0 Å². The second-order valence-electron chi connectivity index (χ2n) is 3.22. The topological polar surface area (TPSA) is 69.7 Å². The van der Waals surface area contributed by atoms with Gasteiger partial charge in [0.1, 0.15) is 0 Å². The molecule has 0 saturated heterocycles. The molecule has 4 N–H and O–H groups in total. The third-order valence-corrected chi connectivity index (χ3v) is 1.54. The molecular weight excluding hydrogens is 259 g/mol. The molecule has 0 aliphatic heterocycles. The summed E-state index contributed by atoms with van der Waals surface area (Å²) in [6, 6.07) is 0.551. The van der Waals surface area contributed by atoms with Crippen molar-refractivity contribution in [1.82, 2.24) is 4.90 Å². The number of hydrogen-bond acceptors (Lipinski definition) is 2. The molecular formula is C8H19KN2O2S2. The molecule has 0 amide bonds. The Morgan fingerprint density at radius 2 is 1.27 bits per heavy atom. The summed E-state index contributed by atoms with van der Waals surface area (Å²) in [5.41, 5.74) is 4.40. The average Bonchev–Trinajstić information content (AvgIpc) is 1.80. The molecule has 0 aliphatic rings. The molecule has 0 aromatic carbocycles. The number of nitrogens with two attached hydrogens (primary N) is 1. The van der Waals surface area contributed by atoms with Gasteiger partial charge in [0.25, 0.3) is 10.3 Å². The molecule has 4 nitrogen and oxygen atoms in total. The Bertz CT molecular complexity index is 189. The van der Waals surface area contributed by atoms with E-state index >= 15 is 0 Å². The summed E-state index contributed by atoms with van der Waals surface area (Å²) in [6.45, 7) is 8.01. The Hall–Kier alpha value is 1.02. The van der Waals surface area contributed by atoms with Crippen molar-refractivity contribution in [2.24, 2.45) is 5.73 Å². The fraction of sp³-hybridized carbons (Fsp3) is 0.750. The quantitative estimate of drug-likeness (QED) is 0.519. The number of hydrogen-bond donors (Lipinski definition) is 3. The number of thiocarbonyl (C=S) groups is 2. The van der Waals surface area contributed by atoms with Crippen LogP contribution in [0.5, 0.6) is 0 Å². The van der Waals surface area contributed by atoms with E-state index in [0.29, 0.717) is 0 Å². The Labute approximate surface area is 145 Å². The summed E-state index contributed by atoms with van der Waals surface area (Å²) in [6.07, 6.45) is 0. The van der Waals surface area contributed by atoms with Gasteiger partial charge in [-0.15, -0.1) is 0 Å². The van der Waals surface area contributed by atoms with Crippen LogP contribution in [-0.2, 0) is 0 Å². The Kier molecular flexibility index (Phi) is 16.3. The maximum absolute atomic E-state index is 9.01. The fourth-order valence-corrected chi connectivity index (χ4v) is 1.46. The van der Waals surface area contributed by atoms with Crippen molar-refractivity contribution < 1.29 is 10.2 Å². The predicted octanol–water partition coefficient (Wildman–Crippen LogP) is 1.09. The molecule has 15 heavy (non-hydrogen) atoms. The van der Waals surface area contributed by atoms with E-state index in [1.807, 2.05) is 27.7 Å². The van der Waals surface area contributed by atoms with E-state index in [1.165, 1.54) is 0 Å². The molecule has 0 saturated carbocycles. The predicted molar refractivity (Wildman–Crippen MR) is 73.9 cm³/mol. The van der Waals surface area contributed by atoms with Crippen LogP contribution in [0.4, 0.5) is 0 Å². The second kappa shape index (κ2) is 11.5. The van der Waals surface area contributed by atoms with E-state index in [1.54, 1.807) is 4.90 Å². The minimum absolute atomic E-state index is 0. The third-order valence-electron chi connectivity index (χ3n) is 1.33. The van der Waals surface area contributed by atoms with E-state index in [4.69, 9.17) is 10.2 Å². The first-order valence-corrected chi connectivity index (χ1v) is 5.01. The van der Waals surface area contributed by atoms with Crippen molar-refractivity contribution in [2.45, 2.75) is 39.8 Å². The van der Waals surface area contributed by atoms with Gasteiger partial charge in [-0.1, -0.05) is 0 Å². The van der Waals surface area contributed by atoms with Crippen molar-refractivity contribution >= 4 is 86.2 Å². The van der Waals surface area contributed by atoms with Gasteiger partial charge in [0.15, 0.2) is 0 Å². The van der Waals surface area contributed by atoms with Gasteiger partial charge in [-0.25, -0.2) is 0 Å². The first-order chi connectivity index (χ1) is 6.20. The van der Waals surface area contributed by atoms with Crippen LogP contribution in [0.3, 0.4) is 0 Å². The first kappa shape index (κ1) is 21.3. The third kappa shape index (κ3) is 15.0. The molecule has 0 heterocycles. The first-order valence-electron chi connectivity index (χ1n) is 4.19. The zero-order valence-electron chi connectivity index (χ0n) is 8.89. The van der Waals surface area contributed by atoms with Gasteiger partial charge in [-0.3, -0.25) is 0 Å². The molecule has 0 aliphatic carbocycles. The molecule has 0 unspecified atom stereocenters. The summed E-state index contributed by atoms with van der Waals surface area (Å²) >= 11 is 8.52. The number of rotatable bonds is 2. The van der Waals surface area contributed by atoms with Crippen LogP contribution in [0, 0.1) is 0 Å². The SMILES string of the molecule is CC(C)N(C(O)=S)C(C)C.NC(O)=S.[KH]. The van der Waals surface area contributed by atoms with E-state index in [0.717, 1.165) is 0 Å². The summed E-state index contributed by atoms with van der Waals surface area (Å²) in [4.78, 5) is 1.79. The van der Waals surface area contributed by atoms with Gasteiger partial charge in [0.05, 0.1) is 0 Å². The van der Waals surface area contributed by atoms with E-state index in [9.17, 15) is 0 Å². The van der Waals surface area contributed by atoms with Gasteiger partial charge in [-0.2, -0.15) is 0 Å². The Morgan fingerprint density at radius 3 is 1.27 bits per heavy atom. The molecule has 0 atom stereocenters. The number of aliphatic hydroxyl groups excluding tert-OH is 2. The standard InChI is InChI=1S/C7H15NOS.CH3NOS.K.H/c1-5(2)8(6(3)4)7(9)10;2-1(3)4;;/h5-6H,1-4H3,(H,9,10);(H3,2,3,4);;. The molecule has 0 aromatic rings.